The molecule has 1 aliphatic heterocycles. The Morgan fingerprint density at radius 2 is 1.82 bits per heavy atom. The van der Waals surface area contributed by atoms with Gasteiger partial charge in [-0.3, -0.25) is 0 Å². The highest BCUT2D eigenvalue weighted by molar-refractivity contribution is 9.10. The Labute approximate surface area is 140 Å². The van der Waals surface area contributed by atoms with Gasteiger partial charge in [0.15, 0.2) is 0 Å². The lowest BCUT2D eigenvalue weighted by Crippen LogP contribution is -3.06. The van der Waals surface area contributed by atoms with Gasteiger partial charge in [-0.2, -0.15) is 0 Å². The number of rotatable bonds is 2. The molecule has 0 unspecified atom stereocenters. The van der Waals surface area contributed by atoms with E-state index >= 15 is 0 Å². The van der Waals surface area contributed by atoms with Crippen LogP contribution in [0, 0.1) is 0 Å². The molecular weight excluding hydrogens is 340 g/mol. The van der Waals surface area contributed by atoms with E-state index in [0.717, 1.165) is 34.0 Å². The Hall–Kier alpha value is -1.20. The topological polar surface area (TPSA) is 54.4 Å². The first-order valence-corrected chi connectivity index (χ1v) is 8.57. The molecule has 1 saturated heterocycles. The SMILES string of the molecule is CC1(C)CC(Nc2ncnc3ccc(Br)cc23)CC(C)(C)[NH2+]1. The number of piperidine rings is 1. The average Bonchev–Trinajstić information content (AvgIpc) is 2.35. The van der Waals surface area contributed by atoms with Gasteiger partial charge in [0, 0.05) is 28.7 Å². The molecule has 2 heterocycles. The molecule has 4 nitrogen and oxygen atoms in total. The summed E-state index contributed by atoms with van der Waals surface area (Å²) in [4.78, 5) is 8.84. The predicted molar refractivity (Wildman–Crippen MR) is 94.0 cm³/mol. The van der Waals surface area contributed by atoms with Gasteiger partial charge < -0.3 is 10.6 Å². The number of nitrogens with zero attached hydrogens (tertiary/aromatic N) is 2. The second kappa shape index (κ2) is 5.46. The van der Waals surface area contributed by atoms with Crippen LogP contribution in [0.1, 0.15) is 40.5 Å². The van der Waals surface area contributed by atoms with Gasteiger partial charge >= 0.3 is 0 Å². The highest BCUT2D eigenvalue weighted by atomic mass is 79.9. The monoisotopic (exact) mass is 363 g/mol. The molecule has 0 spiro atoms. The molecule has 0 aliphatic carbocycles. The molecule has 0 amide bonds. The van der Waals surface area contributed by atoms with Gasteiger partial charge in [-0.05, 0) is 45.9 Å². The maximum Gasteiger partial charge on any atom is 0.137 e. The van der Waals surface area contributed by atoms with E-state index in [1.54, 1.807) is 6.33 Å². The van der Waals surface area contributed by atoms with Crippen LogP contribution in [0.4, 0.5) is 5.82 Å². The Morgan fingerprint density at radius 3 is 2.50 bits per heavy atom. The molecule has 5 heteroatoms. The number of fused-ring (bicyclic) bond motifs is 1. The molecule has 3 N–H and O–H groups in total. The van der Waals surface area contributed by atoms with Crippen molar-refractivity contribution in [2.45, 2.75) is 57.7 Å². The van der Waals surface area contributed by atoms with Gasteiger partial charge in [-0.25, -0.2) is 9.97 Å². The fourth-order valence-corrected chi connectivity index (χ4v) is 4.32. The standard InChI is InChI=1S/C17H23BrN4/c1-16(2)8-12(9-17(3,4)22-16)21-15-13-7-11(18)5-6-14(13)19-10-20-15/h5-7,10,12,22H,8-9H2,1-4H3,(H,19,20,21)/p+1. The second-order valence-corrected chi connectivity index (χ2v) is 8.67. The van der Waals surface area contributed by atoms with E-state index in [1.807, 2.05) is 12.1 Å². The smallest absolute Gasteiger partial charge is 0.137 e. The molecule has 1 fully saturated rings. The zero-order valence-corrected chi connectivity index (χ0v) is 15.2. The van der Waals surface area contributed by atoms with Crippen LogP contribution in [0.15, 0.2) is 29.0 Å². The number of quaternary nitrogens is 1. The molecule has 22 heavy (non-hydrogen) atoms. The van der Waals surface area contributed by atoms with Crippen LogP contribution in [0.3, 0.4) is 0 Å². The van der Waals surface area contributed by atoms with Crippen molar-refractivity contribution >= 4 is 32.7 Å². The van der Waals surface area contributed by atoms with Crippen molar-refractivity contribution in [2.75, 3.05) is 5.32 Å². The molecule has 1 aromatic carbocycles. The third-order valence-electron chi connectivity index (χ3n) is 4.26. The Kier molecular flexibility index (Phi) is 3.89. The lowest BCUT2D eigenvalue weighted by atomic mass is 9.79. The largest absolute Gasteiger partial charge is 0.366 e. The van der Waals surface area contributed by atoms with Crippen molar-refractivity contribution in [3.8, 4) is 0 Å². The van der Waals surface area contributed by atoms with Crippen molar-refractivity contribution in [2.24, 2.45) is 0 Å². The summed E-state index contributed by atoms with van der Waals surface area (Å²) in [5.41, 5.74) is 1.45. The van der Waals surface area contributed by atoms with Gasteiger partial charge in [0.05, 0.1) is 16.6 Å². The summed E-state index contributed by atoms with van der Waals surface area (Å²) >= 11 is 3.54. The summed E-state index contributed by atoms with van der Waals surface area (Å²) in [6, 6.07) is 6.55. The first kappa shape index (κ1) is 15.7. The fraction of sp³-hybridized carbons (Fsp3) is 0.529. The van der Waals surface area contributed by atoms with Gasteiger partial charge in [-0.1, -0.05) is 15.9 Å². The summed E-state index contributed by atoms with van der Waals surface area (Å²) in [5, 5.41) is 7.23. The molecule has 2 aromatic rings. The van der Waals surface area contributed by atoms with E-state index in [0.29, 0.717) is 6.04 Å². The highest BCUT2D eigenvalue weighted by Gasteiger charge is 2.41. The minimum atomic E-state index is 0.239. The third-order valence-corrected chi connectivity index (χ3v) is 4.76. The van der Waals surface area contributed by atoms with Crippen LogP contribution in [0.25, 0.3) is 10.9 Å². The number of benzene rings is 1. The van der Waals surface area contributed by atoms with Gasteiger partial charge in [0.25, 0.3) is 0 Å². The average molecular weight is 364 g/mol. The molecule has 0 bridgehead atoms. The van der Waals surface area contributed by atoms with E-state index < -0.39 is 0 Å². The number of anilines is 1. The van der Waals surface area contributed by atoms with Crippen molar-refractivity contribution in [1.29, 1.82) is 0 Å². The molecule has 1 aliphatic rings. The molecule has 0 radical (unpaired) electrons. The van der Waals surface area contributed by atoms with Crippen molar-refractivity contribution < 1.29 is 5.32 Å². The van der Waals surface area contributed by atoms with Crippen LogP contribution in [0.5, 0.6) is 0 Å². The molecule has 0 atom stereocenters. The lowest BCUT2D eigenvalue weighted by Gasteiger charge is -2.43. The molecule has 0 saturated carbocycles. The molecular formula is C17H24BrN4+. The van der Waals surface area contributed by atoms with Gasteiger partial charge in [-0.15, -0.1) is 0 Å². The number of nitrogens with one attached hydrogen (secondary N) is 1. The first-order chi connectivity index (χ1) is 10.2. The quantitative estimate of drug-likeness (QED) is 0.861. The summed E-state index contributed by atoms with van der Waals surface area (Å²) in [5.74, 6) is 0.935. The third kappa shape index (κ3) is 3.41. The summed E-state index contributed by atoms with van der Waals surface area (Å²) in [6.07, 6.45) is 3.88. The number of hydrogen-bond acceptors (Lipinski definition) is 3. The summed E-state index contributed by atoms with van der Waals surface area (Å²) in [6.45, 7) is 9.27. The number of halogens is 1. The Balaban J connectivity index is 1.91. The fourth-order valence-electron chi connectivity index (χ4n) is 3.96. The Bertz CT molecular complexity index is 680. The maximum absolute atomic E-state index is 4.48. The van der Waals surface area contributed by atoms with E-state index in [-0.39, 0.29) is 11.1 Å². The molecule has 3 rings (SSSR count). The number of hydrogen-bond donors (Lipinski definition) is 2. The maximum atomic E-state index is 4.48. The van der Waals surface area contributed by atoms with Crippen LogP contribution in [-0.4, -0.2) is 27.1 Å². The van der Waals surface area contributed by atoms with Crippen LogP contribution >= 0.6 is 15.9 Å². The highest BCUT2D eigenvalue weighted by Crippen LogP contribution is 2.28. The second-order valence-electron chi connectivity index (χ2n) is 7.75. The first-order valence-electron chi connectivity index (χ1n) is 7.78. The predicted octanol–water partition coefficient (Wildman–Crippen LogP) is 3.09. The zero-order chi connectivity index (χ0) is 16.0. The van der Waals surface area contributed by atoms with Crippen LogP contribution < -0.4 is 10.6 Å². The zero-order valence-electron chi connectivity index (χ0n) is 13.7. The van der Waals surface area contributed by atoms with E-state index in [2.05, 4.69) is 70.3 Å². The van der Waals surface area contributed by atoms with E-state index in [9.17, 15) is 0 Å². The van der Waals surface area contributed by atoms with Crippen molar-refractivity contribution in [3.63, 3.8) is 0 Å². The van der Waals surface area contributed by atoms with Crippen molar-refractivity contribution in [3.05, 3.63) is 29.0 Å². The van der Waals surface area contributed by atoms with Crippen LogP contribution in [-0.2, 0) is 0 Å². The number of nitrogens with two attached hydrogens (primary N) is 1. The van der Waals surface area contributed by atoms with E-state index in [1.165, 1.54) is 0 Å². The van der Waals surface area contributed by atoms with Crippen molar-refractivity contribution in [1.82, 2.24) is 9.97 Å². The minimum absolute atomic E-state index is 0.239. The minimum Gasteiger partial charge on any atom is -0.366 e. The van der Waals surface area contributed by atoms with Gasteiger partial charge in [0.1, 0.15) is 12.1 Å². The van der Waals surface area contributed by atoms with Gasteiger partial charge in [0.2, 0.25) is 0 Å². The lowest BCUT2D eigenvalue weighted by molar-refractivity contribution is -0.787. The molecule has 1 aromatic heterocycles. The number of aromatic nitrogens is 2. The van der Waals surface area contributed by atoms with E-state index in [4.69, 9.17) is 0 Å². The van der Waals surface area contributed by atoms with Crippen LogP contribution in [0.2, 0.25) is 0 Å². The molecule has 118 valence electrons. The summed E-state index contributed by atoms with van der Waals surface area (Å²) < 4.78 is 1.05. The normalized spacial score (nSPS) is 21.0. The summed E-state index contributed by atoms with van der Waals surface area (Å²) in [7, 11) is 0. The Morgan fingerprint density at radius 1 is 1.14 bits per heavy atom.